The molecule has 2 atom stereocenters. The second kappa shape index (κ2) is 6.46. The van der Waals surface area contributed by atoms with Gasteiger partial charge in [0, 0.05) is 24.2 Å². The highest BCUT2D eigenvalue weighted by atomic mass is 35.5. The first-order valence-electron chi connectivity index (χ1n) is 7.52. The lowest BCUT2D eigenvalue weighted by molar-refractivity contribution is 0.207. The van der Waals surface area contributed by atoms with Gasteiger partial charge in [-0.2, -0.15) is 0 Å². The summed E-state index contributed by atoms with van der Waals surface area (Å²) in [5, 5.41) is 4.35. The van der Waals surface area contributed by atoms with Crippen LogP contribution in [-0.2, 0) is 6.54 Å². The van der Waals surface area contributed by atoms with Gasteiger partial charge in [-0.15, -0.1) is 0 Å². The number of hydrogen-bond acceptors (Lipinski definition) is 2. The zero-order valence-corrected chi connectivity index (χ0v) is 13.9. The first kappa shape index (κ1) is 15.8. The number of rotatable bonds is 5. The molecule has 2 unspecified atom stereocenters. The van der Waals surface area contributed by atoms with Gasteiger partial charge in [-0.25, -0.2) is 0 Å². The van der Waals surface area contributed by atoms with Crippen molar-refractivity contribution in [3.05, 3.63) is 34.9 Å². The Labute approximate surface area is 128 Å². The van der Waals surface area contributed by atoms with Gasteiger partial charge in [0.2, 0.25) is 0 Å². The Morgan fingerprint density at radius 2 is 1.95 bits per heavy atom. The lowest BCUT2D eigenvalue weighted by Gasteiger charge is -2.32. The van der Waals surface area contributed by atoms with Crippen molar-refractivity contribution in [1.82, 2.24) is 10.2 Å². The van der Waals surface area contributed by atoms with E-state index in [9.17, 15) is 0 Å². The van der Waals surface area contributed by atoms with Crippen LogP contribution >= 0.6 is 11.6 Å². The summed E-state index contributed by atoms with van der Waals surface area (Å²) in [6.45, 7) is 6.91. The summed E-state index contributed by atoms with van der Waals surface area (Å²) in [5.41, 5.74) is 1.75. The van der Waals surface area contributed by atoms with Crippen LogP contribution in [0.25, 0.3) is 0 Å². The summed E-state index contributed by atoms with van der Waals surface area (Å²) in [6, 6.07) is 8.80. The molecule has 112 valence electrons. The molecule has 1 fully saturated rings. The van der Waals surface area contributed by atoms with Gasteiger partial charge >= 0.3 is 0 Å². The molecule has 1 aliphatic rings. The minimum absolute atomic E-state index is 0.417. The lowest BCUT2D eigenvalue weighted by Crippen LogP contribution is -2.43. The zero-order chi connectivity index (χ0) is 14.8. The van der Waals surface area contributed by atoms with Crippen LogP contribution in [0.4, 0.5) is 0 Å². The molecule has 1 aromatic rings. The van der Waals surface area contributed by atoms with Gasteiger partial charge in [-0.3, -0.25) is 0 Å². The van der Waals surface area contributed by atoms with Gasteiger partial charge in [-0.05, 0) is 56.0 Å². The van der Waals surface area contributed by atoms with Crippen molar-refractivity contribution < 1.29 is 0 Å². The molecule has 1 N–H and O–H groups in total. The number of nitrogens with one attached hydrogen (secondary N) is 1. The fourth-order valence-corrected chi connectivity index (χ4v) is 3.83. The molecule has 2 nitrogen and oxygen atoms in total. The predicted molar refractivity (Wildman–Crippen MR) is 87.1 cm³/mol. The highest BCUT2D eigenvalue weighted by molar-refractivity contribution is 6.30. The first-order chi connectivity index (χ1) is 9.42. The molecule has 2 rings (SSSR count). The van der Waals surface area contributed by atoms with E-state index in [0.717, 1.165) is 24.0 Å². The molecule has 3 heteroatoms. The fraction of sp³-hybridized carbons (Fsp3) is 0.647. The molecule has 0 amide bonds. The molecule has 0 bridgehead atoms. The van der Waals surface area contributed by atoms with Crippen LogP contribution in [0.1, 0.15) is 32.3 Å². The van der Waals surface area contributed by atoms with Crippen LogP contribution in [-0.4, -0.2) is 31.6 Å². The van der Waals surface area contributed by atoms with Crippen molar-refractivity contribution in [1.29, 1.82) is 0 Å². The Hall–Kier alpha value is -0.570. The van der Waals surface area contributed by atoms with E-state index in [4.69, 9.17) is 11.6 Å². The Morgan fingerprint density at radius 3 is 2.55 bits per heavy atom. The van der Waals surface area contributed by atoms with Gasteiger partial charge in [-0.1, -0.05) is 37.6 Å². The number of nitrogens with zero attached hydrogens (tertiary/aromatic N) is 1. The predicted octanol–water partition coefficient (Wildman–Crippen LogP) is 3.80. The largest absolute Gasteiger partial charge is 0.316 e. The molecular formula is C17H27ClN2. The number of hydrogen-bond donors (Lipinski definition) is 1. The van der Waals surface area contributed by atoms with Gasteiger partial charge in [0.1, 0.15) is 0 Å². The normalized spacial score (nSPS) is 25.3. The SMILES string of the molecule is CNC1C(CN(C)Cc2ccc(Cl)cc2)CCC1(C)C. The van der Waals surface area contributed by atoms with Crippen LogP contribution in [0, 0.1) is 11.3 Å². The lowest BCUT2D eigenvalue weighted by atomic mass is 9.85. The van der Waals surface area contributed by atoms with E-state index in [2.05, 4.69) is 50.3 Å². The number of halogens is 1. The van der Waals surface area contributed by atoms with E-state index in [-0.39, 0.29) is 0 Å². The molecule has 20 heavy (non-hydrogen) atoms. The molecule has 0 aromatic heterocycles. The standard InChI is InChI=1S/C17H27ClN2/c1-17(2)10-9-14(16(17)19-3)12-20(4)11-13-5-7-15(18)8-6-13/h5-8,14,16,19H,9-12H2,1-4H3. The molecule has 0 heterocycles. The summed E-state index contributed by atoms with van der Waals surface area (Å²) in [6.07, 6.45) is 2.64. The molecule has 0 spiro atoms. The maximum atomic E-state index is 5.93. The summed E-state index contributed by atoms with van der Waals surface area (Å²) in [5.74, 6) is 0.743. The highest BCUT2D eigenvalue weighted by Gasteiger charge is 2.40. The maximum absolute atomic E-state index is 5.93. The van der Waals surface area contributed by atoms with Crippen molar-refractivity contribution in [2.75, 3.05) is 20.6 Å². The molecule has 0 saturated heterocycles. The Kier molecular flexibility index (Phi) is 5.11. The fourth-order valence-electron chi connectivity index (χ4n) is 3.71. The molecule has 0 aliphatic heterocycles. The van der Waals surface area contributed by atoms with Gasteiger partial charge < -0.3 is 10.2 Å². The van der Waals surface area contributed by atoms with Gasteiger partial charge in [0.15, 0.2) is 0 Å². The van der Waals surface area contributed by atoms with Crippen molar-refractivity contribution in [2.24, 2.45) is 11.3 Å². The van der Waals surface area contributed by atoms with Crippen molar-refractivity contribution in [3.63, 3.8) is 0 Å². The Balaban J connectivity index is 1.91. The van der Waals surface area contributed by atoms with Crippen molar-refractivity contribution in [2.45, 2.75) is 39.3 Å². The van der Waals surface area contributed by atoms with Crippen LogP contribution in [0.3, 0.4) is 0 Å². The summed E-state index contributed by atoms with van der Waals surface area (Å²) in [7, 11) is 4.32. The third kappa shape index (κ3) is 3.75. The van der Waals surface area contributed by atoms with Crippen LogP contribution in [0.5, 0.6) is 0 Å². The molecular weight excluding hydrogens is 268 g/mol. The van der Waals surface area contributed by atoms with E-state index in [1.54, 1.807) is 0 Å². The van der Waals surface area contributed by atoms with Gasteiger partial charge in [0.05, 0.1) is 0 Å². The van der Waals surface area contributed by atoms with E-state index in [1.807, 2.05) is 12.1 Å². The molecule has 1 aromatic carbocycles. The minimum Gasteiger partial charge on any atom is -0.316 e. The van der Waals surface area contributed by atoms with E-state index in [1.165, 1.54) is 18.4 Å². The summed E-state index contributed by atoms with van der Waals surface area (Å²) >= 11 is 5.93. The first-order valence-corrected chi connectivity index (χ1v) is 7.90. The van der Waals surface area contributed by atoms with Gasteiger partial charge in [0.25, 0.3) is 0 Å². The second-order valence-corrected chi connectivity index (χ2v) is 7.31. The van der Waals surface area contributed by atoms with Crippen molar-refractivity contribution >= 4 is 11.6 Å². The van der Waals surface area contributed by atoms with Crippen LogP contribution < -0.4 is 5.32 Å². The average Bonchev–Trinajstić information content (AvgIpc) is 2.66. The van der Waals surface area contributed by atoms with E-state index >= 15 is 0 Å². The molecule has 0 radical (unpaired) electrons. The third-order valence-corrected chi connectivity index (χ3v) is 4.95. The zero-order valence-electron chi connectivity index (χ0n) is 13.1. The van der Waals surface area contributed by atoms with Crippen LogP contribution in [0.15, 0.2) is 24.3 Å². The summed E-state index contributed by atoms with van der Waals surface area (Å²) in [4.78, 5) is 2.43. The summed E-state index contributed by atoms with van der Waals surface area (Å²) < 4.78 is 0. The minimum atomic E-state index is 0.417. The highest BCUT2D eigenvalue weighted by Crippen LogP contribution is 2.41. The Morgan fingerprint density at radius 1 is 1.30 bits per heavy atom. The number of benzene rings is 1. The second-order valence-electron chi connectivity index (χ2n) is 6.88. The Bertz CT molecular complexity index is 427. The van der Waals surface area contributed by atoms with Crippen molar-refractivity contribution in [3.8, 4) is 0 Å². The third-order valence-electron chi connectivity index (χ3n) is 4.70. The topological polar surface area (TPSA) is 15.3 Å². The molecule has 1 aliphatic carbocycles. The maximum Gasteiger partial charge on any atom is 0.0406 e. The molecule has 1 saturated carbocycles. The monoisotopic (exact) mass is 294 g/mol. The van der Waals surface area contributed by atoms with Crippen LogP contribution in [0.2, 0.25) is 5.02 Å². The average molecular weight is 295 g/mol. The smallest absolute Gasteiger partial charge is 0.0406 e. The quantitative estimate of drug-likeness (QED) is 0.889. The van der Waals surface area contributed by atoms with E-state index < -0.39 is 0 Å². The van der Waals surface area contributed by atoms with E-state index in [0.29, 0.717) is 11.5 Å².